The van der Waals surface area contributed by atoms with Crippen molar-refractivity contribution in [3.05, 3.63) is 57.9 Å². The van der Waals surface area contributed by atoms with Crippen LogP contribution < -0.4 is 5.32 Å². The van der Waals surface area contributed by atoms with E-state index < -0.39 is 17.7 Å². The maximum Gasteiger partial charge on any atom is 0.235 e. The number of benzene rings is 1. The van der Waals surface area contributed by atoms with Gasteiger partial charge in [-0.3, -0.25) is 9.59 Å². The average molecular weight is 349 g/mol. The zero-order valence-electron chi connectivity index (χ0n) is 15.0. The van der Waals surface area contributed by atoms with E-state index >= 15 is 0 Å². The summed E-state index contributed by atoms with van der Waals surface area (Å²) >= 11 is 0. The van der Waals surface area contributed by atoms with Crippen LogP contribution in [0.15, 0.2) is 18.2 Å². The highest BCUT2D eigenvalue weighted by Gasteiger charge is 2.27. The van der Waals surface area contributed by atoms with Gasteiger partial charge in [0.2, 0.25) is 5.78 Å². The molecule has 0 unspecified atom stereocenters. The first-order chi connectivity index (χ1) is 11.6. The van der Waals surface area contributed by atoms with Crippen LogP contribution in [0.1, 0.15) is 64.5 Å². The number of hydrogen-bond donors (Lipinski definition) is 2. The maximum atomic E-state index is 13.9. The molecule has 2 aromatic rings. The number of carbonyl (C=O) groups is 2. The van der Waals surface area contributed by atoms with Crippen LogP contribution in [0.4, 0.5) is 8.78 Å². The fourth-order valence-electron chi connectivity index (χ4n) is 3.25. The molecule has 0 spiro atoms. The van der Waals surface area contributed by atoms with Gasteiger partial charge < -0.3 is 10.3 Å². The summed E-state index contributed by atoms with van der Waals surface area (Å²) in [5.41, 5.74) is 2.57. The Hall–Kier alpha value is -2.34. The number of H-pyrrole nitrogens is 1. The molecule has 6 heteroatoms. The molecule has 1 aromatic heterocycles. The first-order valence-corrected chi connectivity index (χ1v) is 8.17. The Balaban J connectivity index is 2.20. The fraction of sp³-hybridized carbons (Fsp3) is 0.368. The lowest BCUT2D eigenvalue weighted by atomic mass is 10.0. The second kappa shape index (κ2) is 7.27. The van der Waals surface area contributed by atoms with Crippen molar-refractivity contribution >= 4 is 11.6 Å². The maximum absolute atomic E-state index is 13.9. The number of Topliss-reactive ketones (excluding diaryl/α,β-unsaturated/α-hetero) is 2. The molecule has 1 heterocycles. The smallest absolute Gasteiger partial charge is 0.235 e. The van der Waals surface area contributed by atoms with Crippen LogP contribution in [0.2, 0.25) is 0 Å². The molecule has 134 valence electrons. The molecule has 4 nitrogen and oxygen atoms in total. The largest absolute Gasteiger partial charge is 0.355 e. The Morgan fingerprint density at radius 2 is 1.80 bits per heavy atom. The molecule has 0 aliphatic carbocycles. The van der Waals surface area contributed by atoms with Gasteiger partial charge in [0.05, 0.1) is 5.69 Å². The number of rotatable bonds is 6. The lowest BCUT2D eigenvalue weighted by molar-refractivity contribution is -0.709. The van der Waals surface area contributed by atoms with E-state index in [1.807, 2.05) is 0 Å². The van der Waals surface area contributed by atoms with Gasteiger partial charge >= 0.3 is 0 Å². The van der Waals surface area contributed by atoms with Gasteiger partial charge in [-0.1, -0.05) is 0 Å². The van der Waals surface area contributed by atoms with Gasteiger partial charge in [0.1, 0.15) is 23.7 Å². The Kier molecular flexibility index (Phi) is 5.52. The van der Waals surface area contributed by atoms with Gasteiger partial charge in [0.25, 0.3) is 0 Å². The molecule has 0 amide bonds. The molecule has 0 bridgehead atoms. The number of aromatic amines is 1. The predicted molar refractivity (Wildman–Crippen MR) is 90.8 cm³/mol. The van der Waals surface area contributed by atoms with E-state index in [0.29, 0.717) is 28.1 Å². The number of nitrogens with one attached hydrogen (secondary N) is 1. The van der Waals surface area contributed by atoms with Crippen molar-refractivity contribution in [2.24, 2.45) is 0 Å². The van der Waals surface area contributed by atoms with Gasteiger partial charge in [-0.05, 0) is 52.3 Å². The van der Waals surface area contributed by atoms with Crippen molar-refractivity contribution < 1.29 is 23.7 Å². The first-order valence-electron chi connectivity index (χ1n) is 8.17. The van der Waals surface area contributed by atoms with Crippen molar-refractivity contribution in [2.75, 3.05) is 0 Å². The van der Waals surface area contributed by atoms with Gasteiger partial charge in [-0.25, -0.2) is 8.78 Å². The minimum absolute atomic E-state index is 0.0938. The molecule has 2 atom stereocenters. The summed E-state index contributed by atoms with van der Waals surface area (Å²) < 4.78 is 26.9. The Morgan fingerprint density at radius 1 is 1.16 bits per heavy atom. The molecular weight excluding hydrogens is 326 g/mol. The SMILES string of the molecule is CC(=O)c1c(C)[nH]c(C(=O)[C@@H](C)[NH2+][C@@H](C)c2ccc(F)cc2F)c1C. The van der Waals surface area contributed by atoms with Crippen LogP contribution in [-0.4, -0.2) is 22.6 Å². The third-order valence-corrected chi connectivity index (χ3v) is 4.48. The molecule has 0 radical (unpaired) electrons. The number of carbonyl (C=O) groups excluding carboxylic acids is 2. The lowest BCUT2D eigenvalue weighted by Gasteiger charge is -2.17. The molecule has 2 rings (SSSR count). The third-order valence-electron chi connectivity index (χ3n) is 4.48. The molecule has 0 saturated heterocycles. The zero-order chi connectivity index (χ0) is 18.9. The predicted octanol–water partition coefficient (Wildman–Crippen LogP) is 3.01. The molecule has 0 aliphatic heterocycles. The summed E-state index contributed by atoms with van der Waals surface area (Å²) in [6.45, 7) is 8.44. The van der Waals surface area contributed by atoms with E-state index in [2.05, 4.69) is 4.98 Å². The highest BCUT2D eigenvalue weighted by atomic mass is 19.1. The molecule has 0 fully saturated rings. The van der Waals surface area contributed by atoms with Crippen molar-refractivity contribution in [3.63, 3.8) is 0 Å². The molecule has 3 N–H and O–H groups in total. The van der Waals surface area contributed by atoms with Crippen molar-refractivity contribution in [1.29, 1.82) is 0 Å². The number of hydrogen-bond acceptors (Lipinski definition) is 2. The van der Waals surface area contributed by atoms with Gasteiger partial charge in [-0.15, -0.1) is 0 Å². The van der Waals surface area contributed by atoms with Gasteiger partial charge in [-0.2, -0.15) is 0 Å². The van der Waals surface area contributed by atoms with Crippen molar-refractivity contribution in [2.45, 2.75) is 46.7 Å². The van der Waals surface area contributed by atoms with E-state index in [0.717, 1.165) is 6.07 Å². The standard InChI is InChI=1S/C19H22F2N2O2/c1-9-17(13(5)24)11(3)23-18(9)19(25)12(4)22-10(2)15-7-6-14(20)8-16(15)21/h6-8,10,12,22-23H,1-5H3/p+1/t10-,12+/m0/s1. The van der Waals surface area contributed by atoms with Crippen LogP contribution in [0, 0.1) is 25.5 Å². The average Bonchev–Trinajstić information content (AvgIpc) is 2.80. The number of halogens is 2. The van der Waals surface area contributed by atoms with Crippen LogP contribution in [0.25, 0.3) is 0 Å². The molecular formula is C19H23F2N2O2+. The molecule has 0 aliphatic rings. The Labute approximate surface area is 145 Å². The minimum Gasteiger partial charge on any atom is -0.355 e. The summed E-state index contributed by atoms with van der Waals surface area (Å²) in [5.74, 6) is -1.52. The summed E-state index contributed by atoms with van der Waals surface area (Å²) in [4.78, 5) is 27.4. The van der Waals surface area contributed by atoms with Crippen LogP contribution in [0.5, 0.6) is 0 Å². The number of quaternary nitrogens is 1. The molecule has 0 saturated carbocycles. The Bertz CT molecular complexity index is 827. The second-order valence-electron chi connectivity index (χ2n) is 6.48. The van der Waals surface area contributed by atoms with E-state index in [-0.39, 0.29) is 17.6 Å². The fourth-order valence-corrected chi connectivity index (χ4v) is 3.25. The quantitative estimate of drug-likeness (QED) is 0.787. The summed E-state index contributed by atoms with van der Waals surface area (Å²) in [7, 11) is 0. The normalized spacial score (nSPS) is 13.6. The molecule has 1 aromatic carbocycles. The van der Waals surface area contributed by atoms with Crippen LogP contribution in [-0.2, 0) is 0 Å². The van der Waals surface area contributed by atoms with Crippen LogP contribution >= 0.6 is 0 Å². The summed E-state index contributed by atoms with van der Waals surface area (Å²) in [6.07, 6.45) is 0. The zero-order valence-corrected chi connectivity index (χ0v) is 15.0. The number of aromatic nitrogens is 1. The third kappa shape index (κ3) is 3.85. The highest BCUT2D eigenvalue weighted by Crippen LogP contribution is 2.20. The minimum atomic E-state index is -0.633. The lowest BCUT2D eigenvalue weighted by Crippen LogP contribution is -2.91. The number of ketones is 2. The van der Waals surface area contributed by atoms with Crippen LogP contribution in [0.3, 0.4) is 0 Å². The first kappa shape index (κ1) is 19.0. The topological polar surface area (TPSA) is 66.5 Å². The number of aryl methyl sites for hydroxylation is 1. The van der Waals surface area contributed by atoms with E-state index in [1.165, 1.54) is 19.1 Å². The van der Waals surface area contributed by atoms with E-state index in [4.69, 9.17) is 0 Å². The monoisotopic (exact) mass is 349 g/mol. The van der Waals surface area contributed by atoms with Gasteiger partial charge in [0.15, 0.2) is 5.78 Å². The highest BCUT2D eigenvalue weighted by molar-refractivity contribution is 6.04. The van der Waals surface area contributed by atoms with E-state index in [1.54, 1.807) is 33.0 Å². The van der Waals surface area contributed by atoms with E-state index in [9.17, 15) is 18.4 Å². The number of nitrogens with two attached hydrogens (primary N) is 1. The van der Waals surface area contributed by atoms with Gasteiger partial charge in [0, 0.05) is 22.9 Å². The second-order valence-corrected chi connectivity index (χ2v) is 6.48. The van der Waals surface area contributed by atoms with Crippen molar-refractivity contribution in [1.82, 2.24) is 4.98 Å². The van der Waals surface area contributed by atoms with Crippen molar-refractivity contribution in [3.8, 4) is 0 Å². The molecule has 25 heavy (non-hydrogen) atoms. The Morgan fingerprint density at radius 3 is 2.32 bits per heavy atom. The summed E-state index contributed by atoms with van der Waals surface area (Å²) in [5, 5.41) is 1.72. The summed E-state index contributed by atoms with van der Waals surface area (Å²) in [6, 6.07) is 2.58.